The van der Waals surface area contributed by atoms with Gasteiger partial charge in [-0.3, -0.25) is 9.69 Å². The summed E-state index contributed by atoms with van der Waals surface area (Å²) < 4.78 is 0. The van der Waals surface area contributed by atoms with Crippen LogP contribution >= 0.6 is 0 Å². The van der Waals surface area contributed by atoms with Crippen LogP contribution in [-0.4, -0.2) is 48.6 Å². The summed E-state index contributed by atoms with van der Waals surface area (Å²) in [6, 6.07) is 1.21. The van der Waals surface area contributed by atoms with E-state index in [1.54, 1.807) is 0 Å². The molecule has 2 aliphatic heterocycles. The maximum absolute atomic E-state index is 12.7. The number of hydrogen-bond acceptors (Lipinski definition) is 3. The maximum atomic E-state index is 12.7. The predicted octanol–water partition coefficient (Wildman–Crippen LogP) is 2.04. The summed E-state index contributed by atoms with van der Waals surface area (Å²) in [5.41, 5.74) is 0. The van der Waals surface area contributed by atoms with E-state index in [4.69, 9.17) is 0 Å². The summed E-state index contributed by atoms with van der Waals surface area (Å²) in [6.45, 7) is 3.34. The average molecular weight is 293 g/mol. The average Bonchev–Trinajstić information content (AvgIpc) is 2.87. The van der Waals surface area contributed by atoms with Gasteiger partial charge in [-0.1, -0.05) is 25.7 Å². The topological polar surface area (TPSA) is 44.4 Å². The molecule has 0 aromatic heterocycles. The molecule has 0 spiro atoms. The minimum Gasteiger partial charge on any atom is -0.352 e. The van der Waals surface area contributed by atoms with Gasteiger partial charge in [0, 0.05) is 12.1 Å². The molecular formula is C17H31N3O. The molecule has 2 saturated heterocycles. The molecule has 0 aromatic rings. The van der Waals surface area contributed by atoms with E-state index in [1.807, 2.05) is 0 Å². The number of piperidine rings is 1. The Bertz CT molecular complexity index is 333. The van der Waals surface area contributed by atoms with Crippen LogP contribution < -0.4 is 10.6 Å². The number of carbonyl (C=O) groups is 1. The fourth-order valence-electron chi connectivity index (χ4n) is 4.37. The number of amides is 1. The van der Waals surface area contributed by atoms with Crippen molar-refractivity contribution in [3.8, 4) is 0 Å². The standard InChI is InChI=1S/C17H31N3O/c21-17(19-14-6-3-1-2-4-7-14)16-8-5-13-20(16)15-9-11-18-12-10-15/h14-16,18H,1-13H2,(H,19,21). The van der Waals surface area contributed by atoms with Gasteiger partial charge in [-0.15, -0.1) is 0 Å². The third-order valence-corrected chi connectivity index (χ3v) is 5.58. The summed E-state index contributed by atoms with van der Waals surface area (Å²) in [5.74, 6) is 0.318. The second-order valence-corrected chi connectivity index (χ2v) is 7.07. The van der Waals surface area contributed by atoms with Crippen LogP contribution in [0.5, 0.6) is 0 Å². The van der Waals surface area contributed by atoms with Gasteiger partial charge in [0.15, 0.2) is 0 Å². The number of likely N-dealkylation sites (tertiary alicyclic amines) is 1. The molecule has 1 aliphatic carbocycles. The second-order valence-electron chi connectivity index (χ2n) is 7.07. The molecule has 3 rings (SSSR count). The van der Waals surface area contributed by atoms with E-state index >= 15 is 0 Å². The van der Waals surface area contributed by atoms with Crippen molar-refractivity contribution in [2.45, 2.75) is 82.3 Å². The van der Waals surface area contributed by atoms with Gasteiger partial charge < -0.3 is 10.6 Å². The van der Waals surface area contributed by atoms with E-state index in [1.165, 1.54) is 57.8 Å². The maximum Gasteiger partial charge on any atom is 0.237 e. The minimum absolute atomic E-state index is 0.149. The number of hydrogen-bond donors (Lipinski definition) is 2. The first kappa shape index (κ1) is 15.3. The lowest BCUT2D eigenvalue weighted by molar-refractivity contribution is -0.127. The molecule has 4 nitrogen and oxygen atoms in total. The van der Waals surface area contributed by atoms with Crippen molar-refractivity contribution in [3.63, 3.8) is 0 Å². The molecule has 0 aromatic carbocycles. The van der Waals surface area contributed by atoms with E-state index in [0.717, 1.165) is 26.1 Å². The number of nitrogens with zero attached hydrogens (tertiary/aromatic N) is 1. The summed E-state index contributed by atoms with van der Waals surface area (Å²) in [4.78, 5) is 15.2. The van der Waals surface area contributed by atoms with Crippen LogP contribution in [0.4, 0.5) is 0 Å². The molecule has 0 radical (unpaired) electrons. The number of nitrogens with one attached hydrogen (secondary N) is 2. The fourth-order valence-corrected chi connectivity index (χ4v) is 4.37. The zero-order chi connectivity index (χ0) is 14.5. The monoisotopic (exact) mass is 293 g/mol. The lowest BCUT2D eigenvalue weighted by atomic mass is 10.0. The Morgan fingerprint density at radius 1 is 0.905 bits per heavy atom. The lowest BCUT2D eigenvalue weighted by Gasteiger charge is -2.35. The molecule has 120 valence electrons. The highest BCUT2D eigenvalue weighted by Gasteiger charge is 2.36. The minimum atomic E-state index is 0.149. The lowest BCUT2D eigenvalue weighted by Crippen LogP contribution is -2.52. The van der Waals surface area contributed by atoms with Crippen LogP contribution in [0.15, 0.2) is 0 Å². The zero-order valence-electron chi connectivity index (χ0n) is 13.3. The van der Waals surface area contributed by atoms with Crippen molar-refractivity contribution in [3.05, 3.63) is 0 Å². The van der Waals surface area contributed by atoms with E-state index in [-0.39, 0.29) is 6.04 Å². The summed E-state index contributed by atoms with van der Waals surface area (Å²) in [6.07, 6.45) is 12.3. The third kappa shape index (κ3) is 3.98. The Morgan fingerprint density at radius 2 is 1.62 bits per heavy atom. The van der Waals surface area contributed by atoms with E-state index in [9.17, 15) is 4.79 Å². The summed E-state index contributed by atoms with van der Waals surface area (Å²) >= 11 is 0. The van der Waals surface area contributed by atoms with E-state index < -0.39 is 0 Å². The number of rotatable bonds is 3. The Labute approximate surface area is 129 Å². The van der Waals surface area contributed by atoms with E-state index in [0.29, 0.717) is 18.0 Å². The van der Waals surface area contributed by atoms with Crippen LogP contribution in [0.1, 0.15) is 64.2 Å². The smallest absolute Gasteiger partial charge is 0.237 e. The highest BCUT2D eigenvalue weighted by molar-refractivity contribution is 5.82. The summed E-state index contributed by atoms with van der Waals surface area (Å²) in [5, 5.41) is 6.80. The van der Waals surface area contributed by atoms with Crippen molar-refractivity contribution in [2.75, 3.05) is 19.6 Å². The van der Waals surface area contributed by atoms with Crippen LogP contribution in [0.25, 0.3) is 0 Å². The van der Waals surface area contributed by atoms with Crippen LogP contribution in [0.2, 0.25) is 0 Å². The van der Waals surface area contributed by atoms with Crippen molar-refractivity contribution in [1.29, 1.82) is 0 Å². The van der Waals surface area contributed by atoms with Gasteiger partial charge in [-0.25, -0.2) is 0 Å². The molecule has 2 N–H and O–H groups in total. The first-order valence-corrected chi connectivity index (χ1v) is 9.11. The van der Waals surface area contributed by atoms with Crippen molar-refractivity contribution in [1.82, 2.24) is 15.5 Å². The first-order chi connectivity index (χ1) is 10.3. The van der Waals surface area contributed by atoms with Gasteiger partial charge in [0.1, 0.15) is 0 Å². The highest BCUT2D eigenvalue weighted by atomic mass is 16.2. The zero-order valence-corrected chi connectivity index (χ0v) is 13.3. The molecule has 4 heteroatoms. The van der Waals surface area contributed by atoms with Gasteiger partial charge in [-0.2, -0.15) is 0 Å². The quantitative estimate of drug-likeness (QED) is 0.783. The molecule has 1 saturated carbocycles. The molecule has 21 heavy (non-hydrogen) atoms. The largest absolute Gasteiger partial charge is 0.352 e. The summed E-state index contributed by atoms with van der Waals surface area (Å²) in [7, 11) is 0. The van der Waals surface area contributed by atoms with Crippen LogP contribution in [-0.2, 0) is 4.79 Å². The van der Waals surface area contributed by atoms with E-state index in [2.05, 4.69) is 15.5 Å². The Kier molecular flexibility index (Phi) is 5.53. The molecule has 1 amide bonds. The Morgan fingerprint density at radius 3 is 2.33 bits per heavy atom. The van der Waals surface area contributed by atoms with Gasteiger partial charge >= 0.3 is 0 Å². The fraction of sp³-hybridized carbons (Fsp3) is 0.941. The van der Waals surface area contributed by atoms with Crippen molar-refractivity contribution >= 4 is 5.91 Å². The van der Waals surface area contributed by atoms with Gasteiger partial charge in [0.25, 0.3) is 0 Å². The second kappa shape index (κ2) is 7.59. The normalized spacial score (nSPS) is 30.2. The molecule has 3 aliphatic rings. The Hall–Kier alpha value is -0.610. The Balaban J connectivity index is 1.54. The number of carbonyl (C=O) groups excluding carboxylic acids is 1. The van der Waals surface area contributed by atoms with Crippen LogP contribution in [0, 0.1) is 0 Å². The molecular weight excluding hydrogens is 262 g/mol. The third-order valence-electron chi connectivity index (χ3n) is 5.58. The molecule has 2 heterocycles. The van der Waals surface area contributed by atoms with Gasteiger partial charge in [0.2, 0.25) is 5.91 Å². The molecule has 0 bridgehead atoms. The molecule has 1 atom stereocenters. The SMILES string of the molecule is O=C(NC1CCCCCC1)C1CCCN1C1CCNCC1. The molecule has 1 unspecified atom stereocenters. The van der Waals surface area contributed by atoms with Gasteiger partial charge in [0.05, 0.1) is 6.04 Å². The van der Waals surface area contributed by atoms with Gasteiger partial charge in [-0.05, 0) is 58.2 Å². The van der Waals surface area contributed by atoms with Crippen molar-refractivity contribution in [2.24, 2.45) is 0 Å². The highest BCUT2D eigenvalue weighted by Crippen LogP contribution is 2.25. The van der Waals surface area contributed by atoms with Crippen LogP contribution in [0.3, 0.4) is 0 Å². The predicted molar refractivity (Wildman–Crippen MR) is 85.3 cm³/mol. The first-order valence-electron chi connectivity index (χ1n) is 9.11. The van der Waals surface area contributed by atoms with Crippen molar-refractivity contribution < 1.29 is 4.79 Å². The molecule has 3 fully saturated rings.